The summed E-state index contributed by atoms with van der Waals surface area (Å²) in [5, 5.41) is 8.04. The summed E-state index contributed by atoms with van der Waals surface area (Å²) >= 11 is 0. The first-order valence-electron chi connectivity index (χ1n) is 7.09. The van der Waals surface area contributed by atoms with Gasteiger partial charge in [0.05, 0.1) is 6.20 Å². The lowest BCUT2D eigenvalue weighted by Crippen LogP contribution is -2.25. The lowest BCUT2D eigenvalue weighted by Gasteiger charge is -2.29. The number of aromatic nitrogens is 2. The summed E-state index contributed by atoms with van der Waals surface area (Å²) in [6.07, 6.45) is 11.0. The van der Waals surface area contributed by atoms with Gasteiger partial charge in [-0.05, 0) is 25.3 Å². The third-order valence-corrected chi connectivity index (χ3v) is 3.75. The van der Waals surface area contributed by atoms with E-state index >= 15 is 0 Å². The van der Waals surface area contributed by atoms with Gasteiger partial charge in [0, 0.05) is 24.3 Å². The van der Waals surface area contributed by atoms with Crippen LogP contribution in [0.15, 0.2) is 12.4 Å². The Balaban J connectivity index is 1.96. The van der Waals surface area contributed by atoms with E-state index in [-0.39, 0.29) is 0 Å². The average molecular weight is 235 g/mol. The van der Waals surface area contributed by atoms with E-state index in [9.17, 15) is 0 Å². The lowest BCUT2D eigenvalue weighted by atomic mass is 9.80. The van der Waals surface area contributed by atoms with Crippen LogP contribution >= 0.6 is 0 Å². The highest BCUT2D eigenvalue weighted by Gasteiger charge is 2.23. The van der Waals surface area contributed by atoms with Crippen LogP contribution in [0.4, 0.5) is 0 Å². The molecule has 0 aliphatic heterocycles. The van der Waals surface area contributed by atoms with Crippen molar-refractivity contribution in [1.82, 2.24) is 15.1 Å². The molecule has 1 unspecified atom stereocenters. The highest BCUT2D eigenvalue weighted by Crippen LogP contribution is 2.34. The summed E-state index contributed by atoms with van der Waals surface area (Å²) in [5.74, 6) is 0.938. The lowest BCUT2D eigenvalue weighted by molar-refractivity contribution is 0.262. The quantitative estimate of drug-likeness (QED) is 0.787. The topological polar surface area (TPSA) is 29.9 Å². The molecular formula is C14H25N3. The Bertz CT molecular complexity index is 328. The molecule has 1 heterocycles. The smallest absolute Gasteiger partial charge is 0.0537 e. The molecule has 1 aromatic heterocycles. The zero-order valence-corrected chi connectivity index (χ0v) is 11.2. The van der Waals surface area contributed by atoms with E-state index in [0.29, 0.717) is 6.04 Å². The van der Waals surface area contributed by atoms with Crippen LogP contribution in [0.3, 0.4) is 0 Å². The summed E-state index contributed by atoms with van der Waals surface area (Å²) in [7, 11) is 0. The number of hydrogen-bond donors (Lipinski definition) is 1. The van der Waals surface area contributed by atoms with Gasteiger partial charge in [-0.3, -0.25) is 4.68 Å². The molecule has 1 saturated carbocycles. The van der Waals surface area contributed by atoms with Crippen LogP contribution < -0.4 is 5.32 Å². The van der Waals surface area contributed by atoms with Crippen LogP contribution in [0.25, 0.3) is 0 Å². The third-order valence-electron chi connectivity index (χ3n) is 3.75. The summed E-state index contributed by atoms with van der Waals surface area (Å²) in [6.45, 7) is 6.44. The molecule has 0 spiro atoms. The Morgan fingerprint density at radius 3 is 2.88 bits per heavy atom. The molecule has 3 heteroatoms. The summed E-state index contributed by atoms with van der Waals surface area (Å²) < 4.78 is 2.07. The van der Waals surface area contributed by atoms with Crippen molar-refractivity contribution in [3.63, 3.8) is 0 Å². The average Bonchev–Trinajstić information content (AvgIpc) is 2.70. The molecule has 1 N–H and O–H groups in total. The van der Waals surface area contributed by atoms with E-state index < -0.39 is 0 Å². The molecule has 1 aliphatic rings. The first-order valence-corrected chi connectivity index (χ1v) is 7.09. The van der Waals surface area contributed by atoms with Crippen LogP contribution in [-0.2, 0) is 6.54 Å². The van der Waals surface area contributed by atoms with E-state index in [4.69, 9.17) is 0 Å². The number of rotatable bonds is 7. The predicted molar refractivity (Wildman–Crippen MR) is 70.9 cm³/mol. The van der Waals surface area contributed by atoms with Crippen LogP contribution in [0.1, 0.15) is 57.6 Å². The van der Waals surface area contributed by atoms with E-state index in [0.717, 1.165) is 25.4 Å². The fraction of sp³-hybridized carbons (Fsp3) is 0.786. The molecule has 1 fully saturated rings. The van der Waals surface area contributed by atoms with Gasteiger partial charge >= 0.3 is 0 Å². The minimum absolute atomic E-state index is 0.510. The minimum atomic E-state index is 0.510. The van der Waals surface area contributed by atoms with Gasteiger partial charge < -0.3 is 5.32 Å². The highest BCUT2D eigenvalue weighted by atomic mass is 15.3. The van der Waals surface area contributed by atoms with Crippen molar-refractivity contribution in [1.29, 1.82) is 0 Å². The Labute approximate surface area is 105 Å². The molecule has 3 nitrogen and oxygen atoms in total. The van der Waals surface area contributed by atoms with Gasteiger partial charge in [0.1, 0.15) is 0 Å². The van der Waals surface area contributed by atoms with E-state index in [1.807, 2.05) is 6.20 Å². The third kappa shape index (κ3) is 3.32. The summed E-state index contributed by atoms with van der Waals surface area (Å²) in [6, 6.07) is 0.510. The van der Waals surface area contributed by atoms with Gasteiger partial charge in [-0.1, -0.05) is 33.1 Å². The molecule has 0 radical (unpaired) electrons. The number of nitrogens with zero attached hydrogens (tertiary/aromatic N) is 2. The molecule has 0 aromatic carbocycles. The van der Waals surface area contributed by atoms with Gasteiger partial charge in [0.2, 0.25) is 0 Å². The fourth-order valence-electron chi connectivity index (χ4n) is 2.56. The van der Waals surface area contributed by atoms with E-state index in [2.05, 4.69) is 35.1 Å². The summed E-state index contributed by atoms with van der Waals surface area (Å²) in [4.78, 5) is 0. The predicted octanol–water partition coefficient (Wildman–Crippen LogP) is 3.13. The molecule has 0 amide bonds. The van der Waals surface area contributed by atoms with Gasteiger partial charge in [-0.25, -0.2) is 0 Å². The SMILES string of the molecule is CCCn1cc(C(CC2CCC2)NCC)cn1. The zero-order valence-electron chi connectivity index (χ0n) is 11.2. The van der Waals surface area contributed by atoms with E-state index in [1.165, 1.54) is 31.2 Å². The monoisotopic (exact) mass is 235 g/mol. The largest absolute Gasteiger partial charge is 0.310 e. The van der Waals surface area contributed by atoms with Crippen molar-refractivity contribution in [2.75, 3.05) is 6.54 Å². The normalized spacial score (nSPS) is 18.0. The maximum atomic E-state index is 4.44. The number of hydrogen-bond acceptors (Lipinski definition) is 2. The van der Waals surface area contributed by atoms with E-state index in [1.54, 1.807) is 0 Å². The number of aryl methyl sites for hydroxylation is 1. The second-order valence-electron chi connectivity index (χ2n) is 5.18. The van der Waals surface area contributed by atoms with Crippen LogP contribution in [-0.4, -0.2) is 16.3 Å². The molecule has 96 valence electrons. The maximum absolute atomic E-state index is 4.44. The Hall–Kier alpha value is -0.830. The standard InChI is InChI=1S/C14H25N3/c1-3-8-17-11-13(10-16-17)14(15-4-2)9-12-6-5-7-12/h10-12,14-15H,3-9H2,1-2H3. The van der Waals surface area contributed by atoms with Gasteiger partial charge in [0.15, 0.2) is 0 Å². The van der Waals surface area contributed by atoms with Crippen molar-refractivity contribution < 1.29 is 0 Å². The maximum Gasteiger partial charge on any atom is 0.0537 e. The van der Waals surface area contributed by atoms with Gasteiger partial charge in [-0.15, -0.1) is 0 Å². The first kappa shape index (κ1) is 12.6. The molecule has 2 rings (SSSR count). The van der Waals surface area contributed by atoms with Crippen LogP contribution in [0, 0.1) is 5.92 Å². The highest BCUT2D eigenvalue weighted by molar-refractivity contribution is 5.11. The van der Waals surface area contributed by atoms with Crippen molar-refractivity contribution in [3.05, 3.63) is 18.0 Å². The molecular weight excluding hydrogens is 210 g/mol. The van der Waals surface area contributed by atoms with Crippen molar-refractivity contribution in [3.8, 4) is 0 Å². The Morgan fingerprint density at radius 2 is 2.29 bits per heavy atom. The zero-order chi connectivity index (χ0) is 12.1. The van der Waals surface area contributed by atoms with Crippen molar-refractivity contribution >= 4 is 0 Å². The molecule has 1 aromatic rings. The second kappa shape index (κ2) is 6.20. The Morgan fingerprint density at radius 1 is 1.47 bits per heavy atom. The van der Waals surface area contributed by atoms with Crippen LogP contribution in [0.2, 0.25) is 0 Å². The fourth-order valence-corrected chi connectivity index (χ4v) is 2.56. The van der Waals surface area contributed by atoms with Crippen LogP contribution in [0.5, 0.6) is 0 Å². The second-order valence-corrected chi connectivity index (χ2v) is 5.18. The molecule has 1 aliphatic carbocycles. The van der Waals surface area contributed by atoms with Crippen molar-refractivity contribution in [2.45, 2.75) is 58.5 Å². The first-order chi connectivity index (χ1) is 8.33. The molecule has 0 bridgehead atoms. The number of nitrogens with one attached hydrogen (secondary N) is 1. The Kier molecular flexibility index (Phi) is 4.60. The molecule has 1 atom stereocenters. The molecule has 17 heavy (non-hydrogen) atoms. The molecule has 0 saturated heterocycles. The van der Waals surface area contributed by atoms with Crippen molar-refractivity contribution in [2.24, 2.45) is 5.92 Å². The summed E-state index contributed by atoms with van der Waals surface area (Å²) in [5.41, 5.74) is 1.37. The van der Waals surface area contributed by atoms with Gasteiger partial charge in [0.25, 0.3) is 0 Å². The van der Waals surface area contributed by atoms with Gasteiger partial charge in [-0.2, -0.15) is 5.10 Å². The minimum Gasteiger partial charge on any atom is -0.310 e.